The Morgan fingerprint density at radius 3 is 2.12 bits per heavy atom. The average Bonchev–Trinajstić information content (AvgIpc) is 3.45. The van der Waals surface area contributed by atoms with Gasteiger partial charge in [0.25, 0.3) is 0 Å². The lowest BCUT2D eigenvalue weighted by Crippen LogP contribution is -2.32. The van der Waals surface area contributed by atoms with Crippen molar-refractivity contribution in [3.05, 3.63) is 134 Å². The van der Waals surface area contributed by atoms with Crippen LogP contribution in [0.3, 0.4) is 0 Å². The number of rotatable bonds is 10. The molecule has 252 valence electrons. The van der Waals surface area contributed by atoms with Gasteiger partial charge < -0.3 is 14.6 Å². The normalized spacial score (nSPS) is 11.2. The van der Waals surface area contributed by atoms with Crippen molar-refractivity contribution in [3.8, 4) is 17.1 Å². The molecule has 12 nitrogen and oxygen atoms in total. The molecule has 0 unspecified atom stereocenters. The second-order valence-corrected chi connectivity index (χ2v) is 11.9. The molecule has 0 bridgehead atoms. The number of nitro groups is 1. The number of carbonyl (C=O) groups is 1. The zero-order valence-corrected chi connectivity index (χ0v) is 28.6. The number of anilines is 1. The van der Waals surface area contributed by atoms with Crippen molar-refractivity contribution in [2.45, 2.75) is 54.8 Å². The summed E-state index contributed by atoms with van der Waals surface area (Å²) in [6.07, 6.45) is 2.90. The molecule has 0 aliphatic carbocycles. The van der Waals surface area contributed by atoms with Crippen LogP contribution in [-0.2, 0) is 18.0 Å². The molecule has 0 radical (unpaired) electrons. The number of nitro benzene ring substituents is 1. The van der Waals surface area contributed by atoms with Crippen molar-refractivity contribution < 1.29 is 28.9 Å². The van der Waals surface area contributed by atoms with Crippen LogP contribution in [0, 0.1) is 51.7 Å². The maximum absolute atomic E-state index is 13.8. The van der Waals surface area contributed by atoms with Gasteiger partial charge in [-0.25, -0.2) is 4.79 Å². The average molecular weight is 664 g/mol. The number of aromatic nitrogens is 2. The summed E-state index contributed by atoms with van der Waals surface area (Å²) in [4.78, 5) is 25.1. The van der Waals surface area contributed by atoms with Crippen LogP contribution in [0.25, 0.3) is 11.4 Å². The number of benzene rings is 4. The predicted octanol–water partition coefficient (Wildman–Crippen LogP) is 7.86. The number of ether oxygens (including phenoxy) is 2. The summed E-state index contributed by atoms with van der Waals surface area (Å²) in [6.45, 7) is 11.2. The van der Waals surface area contributed by atoms with Gasteiger partial charge in [0, 0.05) is 5.22 Å². The van der Waals surface area contributed by atoms with Gasteiger partial charge in [-0.15, -0.1) is 5.01 Å². The number of aryl methyl sites for hydroxylation is 6. The quantitative estimate of drug-likeness (QED) is 0.0700. The molecule has 0 saturated carbocycles. The molecular formula is C37H39N6O6+. The fraction of sp³-hybridized carbons (Fsp3) is 0.243. The Morgan fingerprint density at radius 2 is 1.55 bits per heavy atom. The number of methoxy groups -OCH3 is 1. The monoisotopic (exact) mass is 663 g/mol. The maximum Gasteiger partial charge on any atom is 0.438 e. The summed E-state index contributed by atoms with van der Waals surface area (Å²) in [7, 11) is 1.30. The molecule has 0 atom stereocenters. The summed E-state index contributed by atoms with van der Waals surface area (Å²) >= 11 is 0. The number of hydrogen-bond donors (Lipinski definition) is 1. The van der Waals surface area contributed by atoms with E-state index in [0.717, 1.165) is 49.8 Å². The highest BCUT2D eigenvalue weighted by molar-refractivity contribution is 5.86. The highest BCUT2D eigenvalue weighted by Gasteiger charge is 2.29. The largest absolute Gasteiger partial charge is 0.490 e. The van der Waals surface area contributed by atoms with E-state index < -0.39 is 29.9 Å². The zero-order chi connectivity index (χ0) is 35.4. The number of nitrogens with zero attached hydrogens (tertiary/aromatic N) is 6. The van der Waals surface area contributed by atoms with Crippen LogP contribution < -0.4 is 14.3 Å². The maximum atomic E-state index is 13.8. The molecule has 0 fully saturated rings. The third kappa shape index (κ3) is 7.04. The third-order valence-corrected chi connectivity index (χ3v) is 8.20. The Bertz CT molecular complexity index is 1950. The molecule has 1 aromatic heterocycles. The number of amides is 1. The van der Waals surface area contributed by atoms with E-state index in [1.54, 1.807) is 30.3 Å². The zero-order valence-electron chi connectivity index (χ0n) is 28.6. The number of aliphatic hydroxyl groups is 1. The van der Waals surface area contributed by atoms with E-state index >= 15 is 0 Å². The second kappa shape index (κ2) is 14.5. The van der Waals surface area contributed by atoms with Crippen molar-refractivity contribution in [2.24, 2.45) is 10.3 Å². The Morgan fingerprint density at radius 1 is 0.939 bits per heavy atom. The molecular weight excluding hydrogens is 624 g/mol. The molecule has 12 heteroatoms. The van der Waals surface area contributed by atoms with Crippen LogP contribution in [0.1, 0.15) is 44.5 Å². The van der Waals surface area contributed by atoms with E-state index in [4.69, 9.17) is 14.6 Å². The van der Waals surface area contributed by atoms with E-state index in [2.05, 4.69) is 29.5 Å². The number of imidazole rings is 1. The van der Waals surface area contributed by atoms with Crippen LogP contribution in [-0.4, -0.2) is 27.8 Å². The molecule has 4 aromatic carbocycles. The molecule has 1 N–H and O–H groups in total. The minimum atomic E-state index is -0.939. The van der Waals surface area contributed by atoms with Gasteiger partial charge in [-0.3, -0.25) is 10.1 Å². The molecule has 0 saturated heterocycles. The first-order chi connectivity index (χ1) is 23.4. The Labute approximate surface area is 284 Å². The first kappa shape index (κ1) is 34.5. The van der Waals surface area contributed by atoms with E-state index in [0.29, 0.717) is 11.6 Å². The summed E-state index contributed by atoms with van der Waals surface area (Å²) in [5, 5.41) is 32.0. The van der Waals surface area contributed by atoms with Crippen molar-refractivity contribution in [1.29, 1.82) is 0 Å². The predicted molar refractivity (Wildman–Crippen MR) is 185 cm³/mol. The van der Waals surface area contributed by atoms with Crippen LogP contribution in [0.15, 0.2) is 89.5 Å². The lowest BCUT2D eigenvalue weighted by atomic mass is 10.0. The van der Waals surface area contributed by atoms with Crippen LogP contribution >= 0.6 is 0 Å². The third-order valence-electron chi connectivity index (χ3n) is 8.20. The highest BCUT2D eigenvalue weighted by atomic mass is 16.6. The minimum absolute atomic E-state index is 0.00696. The van der Waals surface area contributed by atoms with Gasteiger partial charge in [-0.1, -0.05) is 59.7 Å². The summed E-state index contributed by atoms with van der Waals surface area (Å²) in [6, 6.07) is 19.9. The molecule has 0 spiro atoms. The van der Waals surface area contributed by atoms with Gasteiger partial charge >= 0.3 is 17.7 Å². The number of carbonyl (C=O) groups excluding carboxylic acids is 1. The van der Waals surface area contributed by atoms with Crippen LogP contribution in [0.2, 0.25) is 0 Å². The molecule has 49 heavy (non-hydrogen) atoms. The fourth-order valence-corrected chi connectivity index (χ4v) is 6.31. The molecule has 5 rings (SSSR count). The summed E-state index contributed by atoms with van der Waals surface area (Å²) in [5.74, 6) is 0.395. The van der Waals surface area contributed by atoms with Gasteiger partial charge in [0.15, 0.2) is 5.75 Å². The van der Waals surface area contributed by atoms with Crippen LogP contribution in [0.5, 0.6) is 5.75 Å². The van der Waals surface area contributed by atoms with Gasteiger partial charge in [0.1, 0.15) is 30.4 Å². The van der Waals surface area contributed by atoms with Crippen molar-refractivity contribution in [3.63, 3.8) is 0 Å². The van der Waals surface area contributed by atoms with Crippen LogP contribution in [0.4, 0.5) is 22.1 Å². The van der Waals surface area contributed by atoms with Gasteiger partial charge in [-0.2, -0.15) is 9.13 Å². The molecule has 0 aliphatic heterocycles. The fourth-order valence-electron chi connectivity index (χ4n) is 6.31. The number of hydrogen-bond acceptors (Lipinski definition) is 8. The molecule has 1 heterocycles. The van der Waals surface area contributed by atoms with E-state index in [1.807, 2.05) is 63.1 Å². The smallest absolute Gasteiger partial charge is 0.438 e. The number of aliphatic hydroxyl groups excluding tert-OH is 1. The number of para-hydroxylation sites is 1. The first-order valence-electron chi connectivity index (χ1n) is 15.6. The van der Waals surface area contributed by atoms with Gasteiger partial charge in [-0.05, 0) is 87.6 Å². The van der Waals surface area contributed by atoms with E-state index in [9.17, 15) is 20.0 Å². The van der Waals surface area contributed by atoms with Crippen molar-refractivity contribution >= 4 is 23.4 Å². The summed E-state index contributed by atoms with van der Waals surface area (Å²) < 4.78 is 14.7. The van der Waals surface area contributed by atoms with E-state index in [-0.39, 0.29) is 16.9 Å². The highest BCUT2D eigenvalue weighted by Crippen LogP contribution is 2.34. The Kier molecular flexibility index (Phi) is 10.2. The molecule has 0 aliphatic rings. The lowest BCUT2D eigenvalue weighted by molar-refractivity contribution is -0.581. The van der Waals surface area contributed by atoms with Crippen molar-refractivity contribution in [1.82, 2.24) is 4.57 Å². The van der Waals surface area contributed by atoms with E-state index in [1.165, 1.54) is 19.2 Å². The minimum Gasteiger partial charge on any atom is -0.490 e. The first-order valence-corrected chi connectivity index (χ1v) is 15.6. The van der Waals surface area contributed by atoms with Gasteiger partial charge in [0.05, 0.1) is 35.0 Å². The van der Waals surface area contributed by atoms with Crippen molar-refractivity contribution in [2.75, 3.05) is 12.1 Å². The second-order valence-electron chi connectivity index (χ2n) is 11.9. The Hall–Kier alpha value is -5.88. The SMILES string of the molecule is COc1ccc(CO)c(COC(=O)N(N=Nc2n(-c3c(C)cc(C)cc3C)cc[n+]2-c2c(C)cc(C)cc2C)c2ccccc2)c1[N+](=O)[O-]. The standard InChI is InChI=1S/C37H39N6O6/c1-23-17-25(3)33(26(4)18-23)40-15-16-41(34-27(5)19-24(2)20-28(34)6)36(40)38-39-42(30-11-9-8-10-12-30)37(45)49-22-31-29(21-44)13-14-32(48-7)35(31)43(46)47/h8-20,44H,21-22H2,1-7H3/q+1. The summed E-state index contributed by atoms with van der Waals surface area (Å²) in [5.41, 5.74) is 8.44. The Balaban J connectivity index is 1.63. The molecule has 5 aromatic rings. The van der Waals surface area contributed by atoms with Gasteiger partial charge in [0.2, 0.25) is 0 Å². The lowest BCUT2D eigenvalue weighted by Gasteiger charge is -2.16. The molecule has 1 amide bonds. The topological polar surface area (TPSA) is 136 Å².